The van der Waals surface area contributed by atoms with Gasteiger partial charge < -0.3 is 4.98 Å². The standard InChI is InChI=1S/C17H11N2S.C6H7.C5H5N.Ir/c1-11-8-9-13-12-5-4-6-14(15-7-2-3-10-18-15)16(12)20-17(13)19-11;1-3-5-6-4-2;1-2-4-6-5-3-1;/h2-5,7-10H,1H3;3-5H,1-2H2;1-5H;/q2*-1;;/i1D3,2D,3D,7D,10D;1D,2D,5D;;. The van der Waals surface area contributed by atoms with Crippen LogP contribution in [0.2, 0.25) is 0 Å². The Bertz CT molecular complexity index is 1730. The number of aromatic nitrogens is 3. The average molecular weight is 636 g/mol. The summed E-state index contributed by atoms with van der Waals surface area (Å²) < 4.78 is 74.7. The number of fused-ring (bicyclic) bond motifs is 3. The van der Waals surface area contributed by atoms with Gasteiger partial charge in [0.05, 0.1) is 5.48 Å². The maximum atomic E-state index is 8.14. The van der Waals surface area contributed by atoms with Gasteiger partial charge in [0.2, 0.25) is 0 Å². The van der Waals surface area contributed by atoms with Gasteiger partial charge in [-0.2, -0.15) is 48.7 Å². The molecule has 0 saturated carbocycles. The molecular weight excluding hydrogens is 603 g/mol. The van der Waals surface area contributed by atoms with E-state index in [-0.39, 0.29) is 55.8 Å². The van der Waals surface area contributed by atoms with Crippen molar-refractivity contribution in [3.8, 4) is 11.3 Å². The van der Waals surface area contributed by atoms with Gasteiger partial charge in [-0.15, -0.1) is 23.8 Å². The van der Waals surface area contributed by atoms with Gasteiger partial charge in [-0.25, -0.2) is 4.98 Å². The van der Waals surface area contributed by atoms with Crippen LogP contribution in [0.15, 0.2) is 110 Å². The summed E-state index contributed by atoms with van der Waals surface area (Å²) in [7, 11) is 0. The summed E-state index contributed by atoms with van der Waals surface area (Å²) in [5, 5.41) is 1.58. The predicted molar refractivity (Wildman–Crippen MR) is 136 cm³/mol. The van der Waals surface area contributed by atoms with Crippen molar-refractivity contribution >= 4 is 31.6 Å². The van der Waals surface area contributed by atoms with E-state index in [4.69, 9.17) is 13.7 Å². The molecule has 0 N–H and O–H groups in total. The monoisotopic (exact) mass is 636 g/mol. The van der Waals surface area contributed by atoms with Gasteiger partial charge in [-0.05, 0) is 48.2 Å². The maximum Gasteiger partial charge on any atom is 0.113 e. The van der Waals surface area contributed by atoms with Crippen LogP contribution in [0.1, 0.15) is 19.4 Å². The average Bonchev–Trinajstić information content (AvgIpc) is 3.36. The third-order valence-corrected chi connectivity index (χ3v) is 4.95. The normalized spacial score (nSPS) is 15.6. The fourth-order valence-corrected chi connectivity index (χ4v) is 3.73. The summed E-state index contributed by atoms with van der Waals surface area (Å²) >= 11 is 1.25. The molecule has 5 aromatic rings. The van der Waals surface area contributed by atoms with Crippen molar-refractivity contribution in [1.29, 1.82) is 0 Å². The molecule has 0 spiro atoms. The van der Waals surface area contributed by atoms with Crippen molar-refractivity contribution in [2.24, 2.45) is 0 Å². The summed E-state index contributed by atoms with van der Waals surface area (Å²) in [6.45, 7) is -0.265. The molecule has 0 amide bonds. The molecule has 167 valence electrons. The Kier molecular flexibility index (Phi) is 6.29. The molecule has 1 aromatic carbocycles. The zero-order valence-corrected chi connectivity index (χ0v) is 20.3. The van der Waals surface area contributed by atoms with Crippen LogP contribution in [0.3, 0.4) is 0 Å². The van der Waals surface area contributed by atoms with Crippen LogP contribution in [-0.2, 0) is 20.1 Å². The van der Waals surface area contributed by atoms with Gasteiger partial charge in [0.1, 0.15) is 4.83 Å². The third-order valence-electron chi connectivity index (χ3n) is 3.82. The fraction of sp³-hybridized carbons (Fsp3) is 0.0357. The van der Waals surface area contributed by atoms with Gasteiger partial charge >= 0.3 is 0 Å². The molecule has 5 heteroatoms. The second kappa shape index (κ2) is 14.0. The summed E-state index contributed by atoms with van der Waals surface area (Å²) in [6, 6.07) is 14.5. The molecule has 0 saturated heterocycles. The molecule has 0 fully saturated rings. The fourth-order valence-electron chi connectivity index (χ4n) is 2.56. The first-order valence-electron chi connectivity index (χ1n) is 14.4. The Balaban J connectivity index is 0.000000333. The van der Waals surface area contributed by atoms with E-state index >= 15 is 0 Å². The molecular formula is C28H23IrN3S-2. The minimum absolute atomic E-state index is 0. The predicted octanol–water partition coefficient (Wildman–Crippen LogP) is 7.42. The van der Waals surface area contributed by atoms with Gasteiger partial charge in [0.15, 0.2) is 0 Å². The summed E-state index contributed by atoms with van der Waals surface area (Å²) in [5.74, 6) is 0. The molecule has 0 aliphatic carbocycles. The Hall–Kier alpha value is -3.24. The molecule has 0 atom stereocenters. The number of pyridine rings is 3. The number of nitrogens with zero attached hydrogens (tertiary/aromatic N) is 3. The van der Waals surface area contributed by atoms with E-state index in [2.05, 4.69) is 27.1 Å². The number of allylic oxidation sites excluding steroid dienone is 4. The van der Waals surface area contributed by atoms with E-state index in [1.165, 1.54) is 29.6 Å². The molecule has 4 heterocycles. The molecule has 0 bridgehead atoms. The Morgan fingerprint density at radius 1 is 1.18 bits per heavy atom. The summed E-state index contributed by atoms with van der Waals surface area (Å²) in [5.41, 5.74) is 0.555. The van der Waals surface area contributed by atoms with Crippen molar-refractivity contribution < 1.29 is 33.8 Å². The molecule has 0 aliphatic rings. The zero-order valence-electron chi connectivity index (χ0n) is 27.1. The van der Waals surface area contributed by atoms with E-state index in [1.807, 2.05) is 24.3 Å². The maximum absolute atomic E-state index is 8.14. The molecule has 5 rings (SSSR count). The van der Waals surface area contributed by atoms with E-state index in [0.29, 0.717) is 15.1 Å². The van der Waals surface area contributed by atoms with Crippen molar-refractivity contribution in [3.63, 3.8) is 0 Å². The topological polar surface area (TPSA) is 38.7 Å². The van der Waals surface area contributed by atoms with Crippen molar-refractivity contribution in [2.45, 2.75) is 6.85 Å². The Morgan fingerprint density at radius 2 is 2.09 bits per heavy atom. The van der Waals surface area contributed by atoms with Crippen LogP contribution in [0.25, 0.3) is 31.6 Å². The summed E-state index contributed by atoms with van der Waals surface area (Å²) in [6.07, 6.45) is 8.15. The molecule has 0 aliphatic heterocycles. The van der Waals surface area contributed by atoms with E-state index in [9.17, 15) is 0 Å². The van der Waals surface area contributed by atoms with Crippen molar-refractivity contribution in [1.82, 2.24) is 15.0 Å². The van der Waals surface area contributed by atoms with Crippen LogP contribution >= 0.6 is 11.3 Å². The zero-order chi connectivity index (χ0) is 30.9. The Morgan fingerprint density at radius 3 is 2.82 bits per heavy atom. The first-order valence-corrected chi connectivity index (χ1v) is 10.0. The smallest absolute Gasteiger partial charge is 0.113 e. The van der Waals surface area contributed by atoms with Gasteiger partial charge in [0.25, 0.3) is 0 Å². The first-order chi connectivity index (χ1) is 20.0. The molecule has 4 aromatic heterocycles. The number of thiophene rings is 1. The van der Waals surface area contributed by atoms with Crippen LogP contribution < -0.4 is 0 Å². The van der Waals surface area contributed by atoms with Crippen molar-refractivity contribution in [2.75, 3.05) is 0 Å². The third kappa shape index (κ3) is 7.40. The van der Waals surface area contributed by atoms with Crippen LogP contribution in [0.4, 0.5) is 0 Å². The van der Waals surface area contributed by atoms with Crippen LogP contribution in [-0.4, -0.2) is 15.0 Å². The van der Waals surface area contributed by atoms with E-state index in [1.54, 1.807) is 24.5 Å². The van der Waals surface area contributed by atoms with Crippen LogP contribution in [0.5, 0.6) is 0 Å². The minimum atomic E-state index is -2.31. The number of benzene rings is 1. The van der Waals surface area contributed by atoms with E-state index in [0.717, 1.165) is 23.9 Å². The second-order valence-electron chi connectivity index (χ2n) is 5.84. The second-order valence-corrected chi connectivity index (χ2v) is 6.84. The Labute approximate surface area is 226 Å². The van der Waals surface area contributed by atoms with Crippen molar-refractivity contribution in [3.05, 3.63) is 128 Å². The number of aryl methyl sites for hydroxylation is 1. The van der Waals surface area contributed by atoms with Crippen LogP contribution in [0, 0.1) is 19.0 Å². The summed E-state index contributed by atoms with van der Waals surface area (Å²) in [4.78, 5) is 12.6. The quantitative estimate of drug-likeness (QED) is 0.153. The van der Waals surface area contributed by atoms with E-state index < -0.39 is 12.9 Å². The molecule has 33 heavy (non-hydrogen) atoms. The molecule has 1 radical (unpaired) electrons. The van der Waals surface area contributed by atoms with Gasteiger partial charge in [-0.3, -0.25) is 4.98 Å². The number of rotatable bonds is 3. The SMILES string of the molecule is [2H]C=C[C-]=C([2H])C=C[2H].[2H]c1nc(-c2[c-]ccc3c2sc2nc(C([2H])([2H])[2H])ccc23)c([2H])c([2H])c1[2H].[Ir].c1ccncc1. The van der Waals surface area contributed by atoms with Gasteiger partial charge in [0, 0.05) is 51.2 Å². The van der Waals surface area contributed by atoms with Gasteiger partial charge in [-0.1, -0.05) is 29.6 Å². The first kappa shape index (κ1) is 14.8. The molecule has 3 nitrogen and oxygen atoms in total. The largest absolute Gasteiger partial charge is 0.305 e. The number of hydrogen-bond donors (Lipinski definition) is 0. The molecule has 0 unspecified atom stereocenters. The minimum Gasteiger partial charge on any atom is -0.305 e. The number of hydrogen-bond acceptors (Lipinski definition) is 4.